The fraction of sp³-hybridized carbons (Fsp3) is 0.250. The molecule has 0 aliphatic carbocycles. The van der Waals surface area contributed by atoms with Crippen molar-refractivity contribution in [3.8, 4) is 16.9 Å². The Labute approximate surface area is 189 Å². The number of thioether (sulfide) groups is 1. The van der Waals surface area contributed by atoms with E-state index in [1.807, 2.05) is 19.2 Å². The highest BCUT2D eigenvalue weighted by molar-refractivity contribution is 7.97. The summed E-state index contributed by atoms with van der Waals surface area (Å²) < 4.78 is 21.0. The topological polar surface area (TPSA) is 43.6 Å². The van der Waals surface area contributed by atoms with Gasteiger partial charge < -0.3 is 9.30 Å². The van der Waals surface area contributed by atoms with Crippen molar-refractivity contribution >= 4 is 29.1 Å². The Balaban J connectivity index is 2.05. The Kier molecular flexibility index (Phi) is 5.95. The van der Waals surface area contributed by atoms with Crippen molar-refractivity contribution in [3.63, 3.8) is 0 Å². The number of halogens is 2. The number of fused-ring (bicyclic) bond motifs is 3. The summed E-state index contributed by atoms with van der Waals surface area (Å²) >= 11 is 8.21. The van der Waals surface area contributed by atoms with E-state index in [1.54, 1.807) is 35.5 Å². The largest absolute Gasteiger partial charge is 0.494 e. The van der Waals surface area contributed by atoms with Crippen molar-refractivity contribution in [1.29, 1.82) is 0 Å². The Morgan fingerprint density at radius 1 is 1.16 bits per heavy atom. The molecule has 0 amide bonds. The number of hydrogen-bond acceptors (Lipinski definition) is 4. The van der Waals surface area contributed by atoms with Crippen LogP contribution in [0.25, 0.3) is 11.1 Å². The zero-order valence-corrected chi connectivity index (χ0v) is 19.3. The number of methoxy groups -OCH3 is 1. The fourth-order valence-corrected chi connectivity index (χ4v) is 4.66. The van der Waals surface area contributed by atoms with E-state index >= 15 is 0 Å². The number of aryl methyl sites for hydroxylation is 1. The number of rotatable bonds is 4. The second-order valence-electron chi connectivity index (χ2n) is 7.52. The summed E-state index contributed by atoms with van der Waals surface area (Å²) in [6.45, 7) is 1.95. The van der Waals surface area contributed by atoms with Gasteiger partial charge in [-0.2, -0.15) is 11.8 Å². The Morgan fingerprint density at radius 2 is 1.94 bits per heavy atom. The second-order valence-corrected chi connectivity index (χ2v) is 8.80. The molecule has 3 aromatic rings. The van der Waals surface area contributed by atoms with Crippen LogP contribution in [0, 0.1) is 5.82 Å². The minimum atomic E-state index is -0.527. The molecule has 7 heteroatoms. The molecule has 0 N–H and O–H groups in total. The molecule has 2 aromatic carbocycles. The van der Waals surface area contributed by atoms with Gasteiger partial charge in [-0.05, 0) is 48.1 Å². The van der Waals surface area contributed by atoms with Crippen LogP contribution in [0.4, 0.5) is 4.39 Å². The maximum atomic E-state index is 14.2. The molecule has 1 aliphatic heterocycles. The Bertz CT molecular complexity index is 1270. The van der Waals surface area contributed by atoms with Gasteiger partial charge in [0.1, 0.15) is 0 Å². The summed E-state index contributed by atoms with van der Waals surface area (Å²) in [6.07, 6.45) is 3.92. The first-order valence-electron chi connectivity index (χ1n) is 9.78. The predicted octanol–water partition coefficient (Wildman–Crippen LogP) is 5.63. The zero-order valence-electron chi connectivity index (χ0n) is 17.7. The molecule has 0 fully saturated rings. The highest BCUT2D eigenvalue weighted by atomic mass is 35.5. The number of aliphatic imine (C=N–C) groups is 1. The molecular formula is C24H22ClFN2O2S. The summed E-state index contributed by atoms with van der Waals surface area (Å²) in [7, 11) is 3.16. The van der Waals surface area contributed by atoms with E-state index < -0.39 is 5.82 Å². The van der Waals surface area contributed by atoms with Gasteiger partial charge in [0.05, 0.1) is 23.9 Å². The highest BCUT2D eigenvalue weighted by Crippen LogP contribution is 2.39. The van der Waals surface area contributed by atoms with Crippen molar-refractivity contribution in [1.82, 2.24) is 4.57 Å². The van der Waals surface area contributed by atoms with Crippen LogP contribution in [0.2, 0.25) is 5.02 Å². The first-order valence-corrected chi connectivity index (χ1v) is 11.6. The van der Waals surface area contributed by atoms with Crippen LogP contribution in [0.5, 0.6) is 5.75 Å². The lowest BCUT2D eigenvalue weighted by atomic mass is 9.91. The smallest absolute Gasteiger partial charge is 0.250 e. The lowest BCUT2D eigenvalue weighted by Gasteiger charge is -2.15. The molecule has 1 atom stereocenters. The number of pyridine rings is 1. The first-order chi connectivity index (χ1) is 14.8. The second kappa shape index (κ2) is 8.52. The van der Waals surface area contributed by atoms with E-state index in [0.717, 1.165) is 28.0 Å². The van der Waals surface area contributed by atoms with Crippen LogP contribution in [-0.2, 0) is 12.8 Å². The molecule has 0 unspecified atom stereocenters. The number of benzene rings is 2. The molecule has 4 nitrogen and oxygen atoms in total. The van der Waals surface area contributed by atoms with Crippen LogP contribution >= 0.6 is 23.4 Å². The maximum absolute atomic E-state index is 14.2. The fourth-order valence-electron chi connectivity index (χ4n) is 3.91. The zero-order chi connectivity index (χ0) is 22.3. The van der Waals surface area contributed by atoms with E-state index in [0.29, 0.717) is 11.3 Å². The van der Waals surface area contributed by atoms with Crippen molar-refractivity contribution in [3.05, 3.63) is 86.0 Å². The lowest BCUT2D eigenvalue weighted by Crippen LogP contribution is -2.17. The molecule has 0 radical (unpaired) electrons. The van der Waals surface area contributed by atoms with Crippen LogP contribution < -0.4 is 10.3 Å². The van der Waals surface area contributed by atoms with Gasteiger partial charge in [-0.25, -0.2) is 4.39 Å². The van der Waals surface area contributed by atoms with Gasteiger partial charge in [0.25, 0.3) is 5.56 Å². The molecule has 0 bridgehead atoms. The molecule has 2 heterocycles. The summed E-state index contributed by atoms with van der Waals surface area (Å²) in [4.78, 5) is 17.3. The third-order valence-corrected chi connectivity index (χ3v) is 6.40. The number of hydrogen-bond donors (Lipinski definition) is 0. The van der Waals surface area contributed by atoms with Crippen molar-refractivity contribution < 1.29 is 9.13 Å². The summed E-state index contributed by atoms with van der Waals surface area (Å²) in [5.41, 5.74) is 5.97. The first kappa shape index (κ1) is 21.7. The highest BCUT2D eigenvalue weighted by Gasteiger charge is 2.26. The SMILES string of the molecule is COc1cc(C2=N[C@@H](C)c3cc(=O)n(C)cc3-c3cc(CSC)ccc32)c(Cl)cc1F. The molecule has 0 spiro atoms. The molecular weight excluding hydrogens is 435 g/mol. The predicted molar refractivity (Wildman–Crippen MR) is 126 cm³/mol. The molecule has 31 heavy (non-hydrogen) atoms. The average Bonchev–Trinajstić information content (AvgIpc) is 2.84. The monoisotopic (exact) mass is 456 g/mol. The van der Waals surface area contributed by atoms with Gasteiger partial charge in [0.15, 0.2) is 11.6 Å². The van der Waals surface area contributed by atoms with Gasteiger partial charge in [-0.15, -0.1) is 0 Å². The van der Waals surface area contributed by atoms with E-state index in [1.165, 1.54) is 18.7 Å². The third-order valence-electron chi connectivity index (χ3n) is 5.47. The maximum Gasteiger partial charge on any atom is 0.250 e. The van der Waals surface area contributed by atoms with Crippen molar-refractivity contribution in [2.75, 3.05) is 13.4 Å². The third kappa shape index (κ3) is 3.90. The Morgan fingerprint density at radius 3 is 2.65 bits per heavy atom. The summed E-state index contributed by atoms with van der Waals surface area (Å²) in [6, 6.07) is 10.4. The molecule has 1 aromatic heterocycles. The van der Waals surface area contributed by atoms with Crippen LogP contribution in [0.3, 0.4) is 0 Å². The normalized spacial score (nSPS) is 15.0. The van der Waals surface area contributed by atoms with Crippen molar-refractivity contribution in [2.24, 2.45) is 12.0 Å². The van der Waals surface area contributed by atoms with Crippen LogP contribution in [0.1, 0.15) is 35.2 Å². The van der Waals surface area contributed by atoms with Crippen LogP contribution in [0.15, 0.2) is 52.4 Å². The van der Waals surface area contributed by atoms with Gasteiger partial charge in [-0.1, -0.05) is 23.7 Å². The molecule has 0 saturated heterocycles. The van der Waals surface area contributed by atoms with Crippen LogP contribution in [-0.4, -0.2) is 23.6 Å². The minimum Gasteiger partial charge on any atom is -0.494 e. The lowest BCUT2D eigenvalue weighted by molar-refractivity contribution is 0.386. The number of ether oxygens (including phenoxy) is 1. The number of nitrogens with zero attached hydrogens (tertiary/aromatic N) is 2. The Hall–Kier alpha value is -2.57. The van der Waals surface area contributed by atoms with Gasteiger partial charge in [0, 0.05) is 41.8 Å². The summed E-state index contributed by atoms with van der Waals surface area (Å²) in [5.74, 6) is 0.437. The summed E-state index contributed by atoms with van der Waals surface area (Å²) in [5, 5.41) is 0.254. The van der Waals surface area contributed by atoms with E-state index in [4.69, 9.17) is 21.3 Å². The van der Waals surface area contributed by atoms with Gasteiger partial charge in [0.2, 0.25) is 0 Å². The van der Waals surface area contributed by atoms with Crippen molar-refractivity contribution in [2.45, 2.75) is 18.7 Å². The van der Waals surface area contributed by atoms with Gasteiger partial charge >= 0.3 is 0 Å². The van der Waals surface area contributed by atoms with E-state index in [-0.39, 0.29) is 22.4 Å². The van der Waals surface area contributed by atoms with Gasteiger partial charge in [-0.3, -0.25) is 9.79 Å². The molecule has 4 rings (SSSR count). The number of aromatic nitrogens is 1. The molecule has 0 saturated carbocycles. The average molecular weight is 457 g/mol. The van der Waals surface area contributed by atoms with E-state index in [9.17, 15) is 9.18 Å². The van der Waals surface area contributed by atoms with E-state index in [2.05, 4.69) is 18.4 Å². The molecule has 1 aliphatic rings. The standard InChI is InChI=1S/C24H22ClFN2O2S/c1-13-16-9-23(29)28(2)11-19(16)17-7-14(12-31-4)5-6-15(17)24(27-13)18-8-22(30-3)21(26)10-20(18)25/h5-11,13H,12H2,1-4H3/t13-/m0/s1. The quantitative estimate of drug-likeness (QED) is 0.511. The minimum absolute atomic E-state index is 0.0902. The molecule has 160 valence electrons.